The summed E-state index contributed by atoms with van der Waals surface area (Å²) in [6.07, 6.45) is 2.07. The average Bonchev–Trinajstić information content (AvgIpc) is 2.77. The third-order valence-corrected chi connectivity index (χ3v) is 7.68. The summed E-state index contributed by atoms with van der Waals surface area (Å²) in [7, 11) is -1.92. The molecule has 2 atom stereocenters. The molecular formula is C23H29ClN2O4S. The van der Waals surface area contributed by atoms with E-state index in [-0.39, 0.29) is 30.2 Å². The van der Waals surface area contributed by atoms with Crippen molar-refractivity contribution in [2.75, 3.05) is 20.2 Å². The lowest BCUT2D eigenvalue weighted by molar-refractivity contribution is -0.126. The molecule has 1 aliphatic heterocycles. The number of carbonyl (C=O) groups excluding carboxylic acids is 1. The molecule has 0 aromatic heterocycles. The number of piperidine rings is 1. The van der Waals surface area contributed by atoms with E-state index in [0.717, 1.165) is 17.7 Å². The van der Waals surface area contributed by atoms with Gasteiger partial charge in [0, 0.05) is 18.1 Å². The van der Waals surface area contributed by atoms with Gasteiger partial charge in [-0.1, -0.05) is 42.8 Å². The molecule has 0 bridgehead atoms. The molecule has 2 unspecified atom stereocenters. The van der Waals surface area contributed by atoms with Gasteiger partial charge in [0.15, 0.2) is 0 Å². The third-order valence-electron chi connectivity index (χ3n) is 5.63. The Morgan fingerprint density at radius 1 is 1.26 bits per heavy atom. The van der Waals surface area contributed by atoms with Crippen molar-refractivity contribution in [3.63, 3.8) is 0 Å². The van der Waals surface area contributed by atoms with E-state index in [1.54, 1.807) is 31.4 Å². The zero-order valence-electron chi connectivity index (χ0n) is 17.9. The summed E-state index contributed by atoms with van der Waals surface area (Å²) in [6.45, 7) is 2.65. The van der Waals surface area contributed by atoms with Gasteiger partial charge < -0.3 is 10.1 Å². The Labute approximate surface area is 189 Å². The van der Waals surface area contributed by atoms with Crippen molar-refractivity contribution in [2.24, 2.45) is 5.92 Å². The van der Waals surface area contributed by atoms with Crippen LogP contribution in [0.5, 0.6) is 5.75 Å². The summed E-state index contributed by atoms with van der Waals surface area (Å²) in [5.74, 6) is 0.170. The highest BCUT2D eigenvalue weighted by molar-refractivity contribution is 7.88. The first kappa shape index (κ1) is 23.6. The van der Waals surface area contributed by atoms with Crippen LogP contribution in [-0.4, -0.2) is 38.8 Å². The Balaban J connectivity index is 1.65. The van der Waals surface area contributed by atoms with Crippen LogP contribution >= 0.6 is 11.6 Å². The Kier molecular flexibility index (Phi) is 7.97. The monoisotopic (exact) mass is 464 g/mol. The SMILES string of the molecule is CCC(NC(=O)C1CCCN(S(=O)(=O)Cc2cccc(Cl)c2)C1)c1ccc(OC)cc1. The van der Waals surface area contributed by atoms with E-state index in [1.165, 1.54) is 4.31 Å². The number of rotatable bonds is 8. The number of hydrogen-bond acceptors (Lipinski definition) is 4. The molecule has 6 nitrogen and oxygen atoms in total. The lowest BCUT2D eigenvalue weighted by atomic mass is 9.97. The molecule has 1 heterocycles. The molecule has 1 fully saturated rings. The predicted molar refractivity (Wildman–Crippen MR) is 123 cm³/mol. The van der Waals surface area contributed by atoms with Crippen LogP contribution in [0.2, 0.25) is 5.02 Å². The number of carbonyl (C=O) groups is 1. The molecule has 8 heteroatoms. The van der Waals surface area contributed by atoms with Gasteiger partial charge in [-0.3, -0.25) is 4.79 Å². The zero-order valence-corrected chi connectivity index (χ0v) is 19.5. The number of nitrogens with one attached hydrogen (secondary N) is 1. The molecule has 31 heavy (non-hydrogen) atoms. The summed E-state index contributed by atoms with van der Waals surface area (Å²) in [5.41, 5.74) is 1.64. The van der Waals surface area contributed by atoms with E-state index in [2.05, 4.69) is 5.32 Å². The van der Waals surface area contributed by atoms with E-state index in [9.17, 15) is 13.2 Å². The fraction of sp³-hybridized carbons (Fsp3) is 0.435. The van der Waals surface area contributed by atoms with Gasteiger partial charge in [0.25, 0.3) is 0 Å². The third kappa shape index (κ3) is 6.21. The topological polar surface area (TPSA) is 75.7 Å². The smallest absolute Gasteiger partial charge is 0.224 e. The molecule has 0 aliphatic carbocycles. The second-order valence-electron chi connectivity index (χ2n) is 7.83. The average molecular weight is 465 g/mol. The maximum absolute atomic E-state index is 13.0. The molecule has 2 aromatic rings. The Bertz CT molecular complexity index is 995. The number of ether oxygens (including phenoxy) is 1. The molecule has 0 spiro atoms. The molecule has 3 rings (SSSR count). The van der Waals surface area contributed by atoms with Crippen molar-refractivity contribution in [1.29, 1.82) is 0 Å². The first-order valence-electron chi connectivity index (χ1n) is 10.5. The molecule has 0 radical (unpaired) electrons. The number of amides is 1. The highest BCUT2D eigenvalue weighted by atomic mass is 35.5. The fourth-order valence-corrected chi connectivity index (χ4v) is 5.70. The number of benzene rings is 2. The summed E-state index contributed by atoms with van der Waals surface area (Å²) in [4.78, 5) is 13.0. The fourth-order valence-electron chi connectivity index (χ4n) is 3.88. The minimum Gasteiger partial charge on any atom is -0.497 e. The summed E-state index contributed by atoms with van der Waals surface area (Å²) in [6, 6.07) is 14.4. The van der Waals surface area contributed by atoms with Gasteiger partial charge in [-0.15, -0.1) is 0 Å². The van der Waals surface area contributed by atoms with Crippen molar-refractivity contribution in [2.45, 2.75) is 38.0 Å². The van der Waals surface area contributed by atoms with E-state index in [1.807, 2.05) is 31.2 Å². The summed E-state index contributed by atoms with van der Waals surface area (Å²) < 4.78 is 32.5. The van der Waals surface area contributed by atoms with E-state index in [0.29, 0.717) is 30.0 Å². The van der Waals surface area contributed by atoms with Crippen LogP contribution in [0.15, 0.2) is 48.5 Å². The second kappa shape index (κ2) is 10.5. The highest BCUT2D eigenvalue weighted by Gasteiger charge is 2.33. The maximum atomic E-state index is 13.0. The molecule has 1 N–H and O–H groups in total. The van der Waals surface area contributed by atoms with E-state index >= 15 is 0 Å². The van der Waals surface area contributed by atoms with Gasteiger partial charge >= 0.3 is 0 Å². The van der Waals surface area contributed by atoms with Crippen LogP contribution in [0, 0.1) is 5.92 Å². The number of nitrogens with zero attached hydrogens (tertiary/aromatic N) is 1. The van der Waals surface area contributed by atoms with E-state index < -0.39 is 10.0 Å². The minimum absolute atomic E-state index is 0.106. The van der Waals surface area contributed by atoms with Crippen LogP contribution in [0.25, 0.3) is 0 Å². The molecule has 1 amide bonds. The van der Waals surface area contributed by atoms with Gasteiger partial charge in [-0.05, 0) is 54.7 Å². The van der Waals surface area contributed by atoms with Gasteiger partial charge in [0.05, 0.1) is 24.8 Å². The van der Waals surface area contributed by atoms with Crippen molar-refractivity contribution in [3.05, 3.63) is 64.7 Å². The standard InChI is InChI=1S/C23H29ClN2O4S/c1-3-22(18-9-11-21(30-2)12-10-18)25-23(27)19-7-5-13-26(15-19)31(28,29)16-17-6-4-8-20(24)14-17/h4,6,8-12,14,19,22H,3,5,7,13,15-16H2,1-2H3,(H,25,27). The van der Waals surface area contributed by atoms with Gasteiger partial charge in [0.1, 0.15) is 5.75 Å². The molecule has 1 saturated heterocycles. The first-order chi connectivity index (χ1) is 14.8. The number of methoxy groups -OCH3 is 1. The maximum Gasteiger partial charge on any atom is 0.224 e. The summed E-state index contributed by atoms with van der Waals surface area (Å²) in [5, 5.41) is 3.61. The van der Waals surface area contributed by atoms with E-state index in [4.69, 9.17) is 16.3 Å². The summed E-state index contributed by atoms with van der Waals surface area (Å²) >= 11 is 5.99. The molecule has 1 aliphatic rings. The highest BCUT2D eigenvalue weighted by Crippen LogP contribution is 2.25. The zero-order chi connectivity index (χ0) is 22.4. The Hall–Kier alpha value is -2.09. The van der Waals surface area contributed by atoms with Crippen molar-refractivity contribution >= 4 is 27.5 Å². The second-order valence-corrected chi connectivity index (χ2v) is 10.2. The van der Waals surface area contributed by atoms with Crippen molar-refractivity contribution in [1.82, 2.24) is 9.62 Å². The normalized spacial score (nSPS) is 18.4. The molecule has 168 valence electrons. The first-order valence-corrected chi connectivity index (χ1v) is 12.5. The van der Waals surface area contributed by atoms with Gasteiger partial charge in [-0.2, -0.15) is 0 Å². The largest absolute Gasteiger partial charge is 0.497 e. The van der Waals surface area contributed by atoms with Crippen LogP contribution in [0.1, 0.15) is 43.4 Å². The number of sulfonamides is 1. The Morgan fingerprint density at radius 2 is 2.00 bits per heavy atom. The molecule has 0 saturated carbocycles. The quantitative estimate of drug-likeness (QED) is 0.636. The van der Waals surface area contributed by atoms with Gasteiger partial charge in [-0.25, -0.2) is 12.7 Å². The number of halogens is 1. The van der Waals surface area contributed by atoms with Gasteiger partial charge in [0.2, 0.25) is 15.9 Å². The van der Waals surface area contributed by atoms with Crippen LogP contribution in [0.4, 0.5) is 0 Å². The minimum atomic E-state index is -3.53. The van der Waals surface area contributed by atoms with Crippen LogP contribution in [-0.2, 0) is 20.6 Å². The van der Waals surface area contributed by atoms with Crippen LogP contribution in [0.3, 0.4) is 0 Å². The van der Waals surface area contributed by atoms with Crippen LogP contribution < -0.4 is 10.1 Å². The lowest BCUT2D eigenvalue weighted by Crippen LogP contribution is -2.46. The Morgan fingerprint density at radius 3 is 2.65 bits per heavy atom. The number of hydrogen-bond donors (Lipinski definition) is 1. The lowest BCUT2D eigenvalue weighted by Gasteiger charge is -2.32. The van der Waals surface area contributed by atoms with Crippen molar-refractivity contribution < 1.29 is 17.9 Å². The molecular weight excluding hydrogens is 436 g/mol. The molecule has 2 aromatic carbocycles. The predicted octanol–water partition coefficient (Wildman–Crippen LogP) is 4.16. The van der Waals surface area contributed by atoms with Crippen molar-refractivity contribution in [3.8, 4) is 5.75 Å².